The molecule has 1 heterocycles. The van der Waals surface area contributed by atoms with Gasteiger partial charge in [-0.1, -0.05) is 74.9 Å². The summed E-state index contributed by atoms with van der Waals surface area (Å²) in [5.41, 5.74) is 9.18. The van der Waals surface area contributed by atoms with E-state index < -0.39 is 22.1 Å². The minimum atomic E-state index is -3.87. The average Bonchev–Trinajstić information content (AvgIpc) is 3.09. The fourth-order valence-electron chi connectivity index (χ4n) is 5.78. The van der Waals surface area contributed by atoms with Crippen LogP contribution < -0.4 is 16.4 Å². The smallest absolute Gasteiger partial charge is 0.318 e. The van der Waals surface area contributed by atoms with Crippen LogP contribution in [0, 0.1) is 5.92 Å². The predicted octanol–water partition coefficient (Wildman–Crippen LogP) is 3.88. The quantitative estimate of drug-likeness (QED) is 0.132. The van der Waals surface area contributed by atoms with E-state index >= 15 is 0 Å². The molecule has 3 aromatic rings. The highest BCUT2D eigenvalue weighted by Crippen LogP contribution is 2.25. The number of aliphatic hydroxyl groups is 1. The standard InChI is InChI=1S/C36H49N5O6S/c1-27(2)25-41(48(45,46)32-17-15-30(37)16-18-32)31(26-42)13-8-9-19-38-35(43)34(39-36(44)40-20-22-47-23-21-40)24-29-12-6-7-14-33(29)28-10-4-3-5-11-28/h3-7,10-12,14-18,27,31,34,42H,8-9,13,19-26,37H2,1-2H3,(H,38,43)(H,39,44)/t31-,34-/m0/s1. The van der Waals surface area contributed by atoms with Gasteiger partial charge in [-0.3, -0.25) is 4.79 Å². The Kier molecular flexibility index (Phi) is 13.8. The number of carbonyl (C=O) groups is 2. The summed E-state index contributed by atoms with van der Waals surface area (Å²) in [5, 5.41) is 16.2. The Morgan fingerprint density at radius 3 is 2.29 bits per heavy atom. The lowest BCUT2D eigenvalue weighted by molar-refractivity contribution is -0.123. The first kappa shape index (κ1) is 36.9. The second kappa shape index (κ2) is 18.0. The minimum Gasteiger partial charge on any atom is -0.399 e. The van der Waals surface area contributed by atoms with Gasteiger partial charge in [0.25, 0.3) is 0 Å². The predicted molar refractivity (Wildman–Crippen MR) is 188 cm³/mol. The third-order valence-corrected chi connectivity index (χ3v) is 10.3. The van der Waals surface area contributed by atoms with E-state index in [1.165, 1.54) is 16.4 Å². The fraction of sp³-hybridized carbons (Fsp3) is 0.444. The van der Waals surface area contributed by atoms with Crippen molar-refractivity contribution in [1.82, 2.24) is 19.8 Å². The Balaban J connectivity index is 1.40. The number of sulfonamides is 1. The number of amides is 3. The Labute approximate surface area is 284 Å². The number of benzene rings is 3. The van der Waals surface area contributed by atoms with Crippen molar-refractivity contribution in [3.05, 3.63) is 84.4 Å². The lowest BCUT2D eigenvalue weighted by Crippen LogP contribution is -2.54. The molecule has 0 saturated carbocycles. The van der Waals surface area contributed by atoms with Gasteiger partial charge in [0.05, 0.1) is 24.7 Å². The molecule has 3 aromatic carbocycles. The summed E-state index contributed by atoms with van der Waals surface area (Å²) < 4.78 is 33.9. The molecular formula is C36H49N5O6S. The van der Waals surface area contributed by atoms with Crippen LogP contribution in [0.3, 0.4) is 0 Å². The maximum atomic E-state index is 13.6. The zero-order valence-corrected chi connectivity index (χ0v) is 28.7. The lowest BCUT2D eigenvalue weighted by Gasteiger charge is -2.31. The van der Waals surface area contributed by atoms with Crippen LogP contribution in [0.4, 0.5) is 10.5 Å². The highest BCUT2D eigenvalue weighted by atomic mass is 32.2. The Bertz CT molecular complexity index is 1560. The number of nitrogens with zero attached hydrogens (tertiary/aromatic N) is 2. The van der Waals surface area contributed by atoms with Gasteiger partial charge in [0.1, 0.15) is 6.04 Å². The molecule has 0 spiro atoms. The Hall–Kier alpha value is -3.97. The second-order valence-corrected chi connectivity index (χ2v) is 14.4. The van der Waals surface area contributed by atoms with Crippen molar-refractivity contribution >= 4 is 27.6 Å². The monoisotopic (exact) mass is 679 g/mol. The van der Waals surface area contributed by atoms with Gasteiger partial charge in [-0.15, -0.1) is 0 Å². The number of unbranched alkanes of at least 4 members (excludes halogenated alkanes) is 1. The van der Waals surface area contributed by atoms with E-state index in [1.54, 1.807) is 17.0 Å². The van der Waals surface area contributed by atoms with Crippen LogP contribution in [0.25, 0.3) is 11.1 Å². The molecular weight excluding hydrogens is 630 g/mol. The first-order valence-corrected chi connectivity index (χ1v) is 18.1. The van der Waals surface area contributed by atoms with E-state index in [-0.39, 0.29) is 35.9 Å². The maximum Gasteiger partial charge on any atom is 0.318 e. The molecule has 11 nitrogen and oxygen atoms in total. The van der Waals surface area contributed by atoms with E-state index in [0.717, 1.165) is 16.7 Å². The molecule has 1 aliphatic heterocycles. The number of aliphatic hydroxyl groups excluding tert-OH is 1. The zero-order valence-electron chi connectivity index (χ0n) is 27.9. The Morgan fingerprint density at radius 1 is 0.958 bits per heavy atom. The summed E-state index contributed by atoms with van der Waals surface area (Å²) in [6, 6.07) is 22.1. The number of nitrogens with two attached hydrogens (primary N) is 1. The number of urea groups is 1. The summed E-state index contributed by atoms with van der Waals surface area (Å²) in [6.07, 6.45) is 1.84. The van der Waals surface area contributed by atoms with Crippen LogP contribution in [-0.4, -0.2) is 92.8 Å². The molecule has 1 saturated heterocycles. The molecule has 0 aromatic heterocycles. The molecule has 0 radical (unpaired) electrons. The first-order valence-electron chi connectivity index (χ1n) is 16.6. The zero-order chi connectivity index (χ0) is 34.5. The topological polar surface area (TPSA) is 154 Å². The van der Waals surface area contributed by atoms with Gasteiger partial charge in [0.15, 0.2) is 0 Å². The number of rotatable bonds is 16. The largest absolute Gasteiger partial charge is 0.399 e. The molecule has 1 aliphatic rings. The van der Waals surface area contributed by atoms with E-state index in [9.17, 15) is 23.1 Å². The normalized spacial score (nSPS) is 14.9. The van der Waals surface area contributed by atoms with Crippen molar-refractivity contribution in [2.45, 2.75) is 56.5 Å². The van der Waals surface area contributed by atoms with Crippen molar-refractivity contribution in [3.8, 4) is 11.1 Å². The van der Waals surface area contributed by atoms with E-state index in [0.29, 0.717) is 64.2 Å². The average molecular weight is 680 g/mol. The van der Waals surface area contributed by atoms with Gasteiger partial charge >= 0.3 is 6.03 Å². The minimum absolute atomic E-state index is 0.0403. The van der Waals surface area contributed by atoms with E-state index in [2.05, 4.69) is 10.6 Å². The molecule has 1 fully saturated rings. The number of nitrogen functional groups attached to an aromatic ring is 1. The van der Waals surface area contributed by atoms with Crippen LogP contribution >= 0.6 is 0 Å². The SMILES string of the molecule is CC(C)CN([C@H](CO)CCCCNC(=O)[C@H](Cc1ccccc1-c1ccccc1)NC(=O)N1CCOCC1)S(=O)(=O)c1ccc(N)cc1. The second-order valence-electron chi connectivity index (χ2n) is 12.5. The number of hydrogen-bond acceptors (Lipinski definition) is 7. The molecule has 0 bridgehead atoms. The van der Waals surface area contributed by atoms with Gasteiger partial charge in [-0.2, -0.15) is 4.31 Å². The summed E-state index contributed by atoms with van der Waals surface area (Å²) in [7, 11) is -3.87. The third-order valence-electron chi connectivity index (χ3n) is 8.35. The highest BCUT2D eigenvalue weighted by Gasteiger charge is 2.32. The van der Waals surface area contributed by atoms with Crippen molar-refractivity contribution in [3.63, 3.8) is 0 Å². The van der Waals surface area contributed by atoms with E-state index in [1.807, 2.05) is 68.4 Å². The van der Waals surface area contributed by atoms with Crippen molar-refractivity contribution in [2.75, 3.05) is 51.7 Å². The molecule has 48 heavy (non-hydrogen) atoms. The number of carbonyl (C=O) groups excluding carboxylic acids is 2. The van der Waals surface area contributed by atoms with Crippen LogP contribution in [0.15, 0.2) is 83.8 Å². The third kappa shape index (κ3) is 10.3. The number of morpholine rings is 1. The summed E-state index contributed by atoms with van der Waals surface area (Å²) >= 11 is 0. The van der Waals surface area contributed by atoms with Gasteiger partial charge in [-0.25, -0.2) is 13.2 Å². The van der Waals surface area contributed by atoms with Crippen molar-refractivity contribution < 1.29 is 27.9 Å². The number of hydrogen-bond donors (Lipinski definition) is 4. The van der Waals surface area contributed by atoms with Gasteiger partial charge in [-0.05, 0) is 59.7 Å². The maximum absolute atomic E-state index is 13.6. The first-order chi connectivity index (χ1) is 23.1. The number of ether oxygens (including phenoxy) is 1. The van der Waals surface area contributed by atoms with Gasteiger partial charge in [0.2, 0.25) is 15.9 Å². The highest BCUT2D eigenvalue weighted by molar-refractivity contribution is 7.89. The van der Waals surface area contributed by atoms with Crippen LogP contribution in [0.1, 0.15) is 38.7 Å². The van der Waals surface area contributed by atoms with Crippen molar-refractivity contribution in [1.29, 1.82) is 0 Å². The van der Waals surface area contributed by atoms with Crippen molar-refractivity contribution in [2.24, 2.45) is 5.92 Å². The fourth-order valence-corrected chi connectivity index (χ4v) is 7.59. The molecule has 12 heteroatoms. The molecule has 4 rings (SSSR count). The van der Waals surface area contributed by atoms with Crippen LogP contribution in [-0.2, 0) is 26.0 Å². The lowest BCUT2D eigenvalue weighted by atomic mass is 9.95. The van der Waals surface area contributed by atoms with Crippen LogP contribution in [0.5, 0.6) is 0 Å². The molecule has 260 valence electrons. The summed E-state index contributed by atoms with van der Waals surface area (Å²) in [5.74, 6) is -0.260. The molecule has 0 aliphatic carbocycles. The van der Waals surface area contributed by atoms with Gasteiger partial charge in [0, 0.05) is 44.3 Å². The molecule has 3 amide bonds. The molecule has 5 N–H and O–H groups in total. The molecule has 0 unspecified atom stereocenters. The van der Waals surface area contributed by atoms with E-state index in [4.69, 9.17) is 10.5 Å². The molecule has 2 atom stereocenters. The number of anilines is 1. The van der Waals surface area contributed by atoms with Crippen LogP contribution in [0.2, 0.25) is 0 Å². The Morgan fingerprint density at radius 2 is 1.62 bits per heavy atom. The summed E-state index contributed by atoms with van der Waals surface area (Å²) in [6.45, 7) is 5.93. The summed E-state index contributed by atoms with van der Waals surface area (Å²) in [4.78, 5) is 28.6. The van der Waals surface area contributed by atoms with Gasteiger partial charge < -0.3 is 31.1 Å². The number of nitrogens with one attached hydrogen (secondary N) is 2.